The van der Waals surface area contributed by atoms with Crippen LogP contribution in [0.1, 0.15) is 36.0 Å². The van der Waals surface area contributed by atoms with Gasteiger partial charge in [0.2, 0.25) is 0 Å². The highest BCUT2D eigenvalue weighted by atomic mass is 16.6. The van der Waals surface area contributed by atoms with E-state index in [1.165, 1.54) is 18.2 Å². The molecule has 0 fully saturated rings. The van der Waals surface area contributed by atoms with Crippen LogP contribution in [0.3, 0.4) is 0 Å². The third-order valence-corrected chi connectivity index (χ3v) is 3.95. The number of furan rings is 1. The monoisotopic (exact) mass is 354 g/mol. The van der Waals surface area contributed by atoms with Gasteiger partial charge in [0.1, 0.15) is 11.3 Å². The lowest BCUT2D eigenvalue weighted by Gasteiger charge is -2.11. The molecule has 0 spiro atoms. The number of amides is 1. The van der Waals surface area contributed by atoms with E-state index in [0.29, 0.717) is 23.7 Å². The van der Waals surface area contributed by atoms with Gasteiger partial charge in [-0.2, -0.15) is 0 Å². The Hall–Kier alpha value is -3.35. The largest absolute Gasteiger partial charge is 0.490 e. The quantitative estimate of drug-likeness (QED) is 0.528. The predicted molar refractivity (Wildman–Crippen MR) is 96.4 cm³/mol. The number of fused-ring (bicyclic) bond motifs is 1. The zero-order valence-corrected chi connectivity index (χ0v) is 14.4. The van der Waals surface area contributed by atoms with Gasteiger partial charge in [-0.05, 0) is 32.0 Å². The molecule has 2 aromatic carbocycles. The first-order valence-corrected chi connectivity index (χ1v) is 8.20. The molecule has 0 aliphatic carbocycles. The van der Waals surface area contributed by atoms with Gasteiger partial charge < -0.3 is 14.5 Å². The van der Waals surface area contributed by atoms with Gasteiger partial charge in [-0.1, -0.05) is 24.3 Å². The number of benzene rings is 2. The van der Waals surface area contributed by atoms with Crippen molar-refractivity contribution in [3.05, 3.63) is 70.0 Å². The van der Waals surface area contributed by atoms with E-state index in [1.807, 2.05) is 31.2 Å². The Labute approximate surface area is 149 Å². The van der Waals surface area contributed by atoms with Gasteiger partial charge in [0.05, 0.1) is 17.6 Å². The Morgan fingerprint density at radius 3 is 2.77 bits per heavy atom. The van der Waals surface area contributed by atoms with E-state index in [2.05, 4.69) is 5.32 Å². The number of nitrogens with zero attached hydrogens (tertiary/aromatic N) is 1. The first-order valence-electron chi connectivity index (χ1n) is 8.20. The SMILES string of the molecule is CCOc1cccc2cc(C(C)NC(=O)c3ccccc3[N+](=O)[O-])oc12. The molecular formula is C19H18N2O5. The minimum atomic E-state index is -0.574. The molecular weight excluding hydrogens is 336 g/mol. The molecule has 0 saturated heterocycles. The molecule has 0 saturated carbocycles. The van der Waals surface area contributed by atoms with Gasteiger partial charge in [0.15, 0.2) is 11.3 Å². The van der Waals surface area contributed by atoms with E-state index in [0.717, 1.165) is 5.39 Å². The summed E-state index contributed by atoms with van der Waals surface area (Å²) in [5.74, 6) is 0.642. The molecule has 1 amide bonds. The fourth-order valence-electron chi connectivity index (χ4n) is 2.71. The lowest BCUT2D eigenvalue weighted by atomic mass is 10.1. The van der Waals surface area contributed by atoms with E-state index in [4.69, 9.17) is 9.15 Å². The topological polar surface area (TPSA) is 94.6 Å². The van der Waals surface area contributed by atoms with Crippen molar-refractivity contribution in [2.45, 2.75) is 19.9 Å². The number of carbonyl (C=O) groups is 1. The average molecular weight is 354 g/mol. The van der Waals surface area contributed by atoms with E-state index in [-0.39, 0.29) is 11.3 Å². The summed E-state index contributed by atoms with van der Waals surface area (Å²) in [6.07, 6.45) is 0. The number of nitro groups is 1. The van der Waals surface area contributed by atoms with Crippen LogP contribution in [-0.4, -0.2) is 17.4 Å². The van der Waals surface area contributed by atoms with Crippen LogP contribution in [-0.2, 0) is 0 Å². The van der Waals surface area contributed by atoms with Crippen LogP contribution in [0.15, 0.2) is 52.9 Å². The fourth-order valence-corrected chi connectivity index (χ4v) is 2.71. The van der Waals surface area contributed by atoms with Crippen molar-refractivity contribution < 1.29 is 18.9 Å². The van der Waals surface area contributed by atoms with E-state index >= 15 is 0 Å². The first kappa shape index (κ1) is 17.5. The van der Waals surface area contributed by atoms with Crippen LogP contribution >= 0.6 is 0 Å². The summed E-state index contributed by atoms with van der Waals surface area (Å²) in [6.45, 7) is 4.15. The maximum Gasteiger partial charge on any atom is 0.282 e. The highest BCUT2D eigenvalue weighted by Gasteiger charge is 2.22. The lowest BCUT2D eigenvalue weighted by Crippen LogP contribution is -2.27. The summed E-state index contributed by atoms with van der Waals surface area (Å²) in [6, 6.07) is 12.8. The Bertz CT molecular complexity index is 963. The number of nitro benzene ring substituents is 1. The van der Waals surface area contributed by atoms with Gasteiger partial charge in [0.25, 0.3) is 11.6 Å². The van der Waals surface area contributed by atoms with Crippen molar-refractivity contribution in [1.29, 1.82) is 0 Å². The minimum Gasteiger partial charge on any atom is -0.490 e. The molecule has 0 aliphatic rings. The molecule has 3 aromatic rings. The lowest BCUT2D eigenvalue weighted by molar-refractivity contribution is -0.385. The third-order valence-electron chi connectivity index (χ3n) is 3.95. The van der Waals surface area contributed by atoms with Gasteiger partial charge in [-0.25, -0.2) is 0 Å². The molecule has 0 aliphatic heterocycles. The van der Waals surface area contributed by atoms with Gasteiger partial charge >= 0.3 is 0 Å². The number of rotatable bonds is 6. The summed E-state index contributed by atoms with van der Waals surface area (Å²) in [7, 11) is 0. The second-order valence-electron chi connectivity index (χ2n) is 5.73. The Morgan fingerprint density at radius 1 is 1.27 bits per heavy atom. The Balaban J connectivity index is 1.85. The highest BCUT2D eigenvalue weighted by molar-refractivity contribution is 5.98. The Morgan fingerprint density at radius 2 is 2.04 bits per heavy atom. The second kappa shape index (κ2) is 7.26. The zero-order valence-electron chi connectivity index (χ0n) is 14.4. The number of ether oxygens (including phenoxy) is 1. The third kappa shape index (κ3) is 3.37. The van der Waals surface area contributed by atoms with Crippen LogP contribution in [0.5, 0.6) is 5.75 Å². The summed E-state index contributed by atoms with van der Waals surface area (Å²) in [4.78, 5) is 23.0. The van der Waals surface area contributed by atoms with Crippen LogP contribution in [0.4, 0.5) is 5.69 Å². The van der Waals surface area contributed by atoms with E-state index in [1.54, 1.807) is 13.0 Å². The molecule has 134 valence electrons. The van der Waals surface area contributed by atoms with E-state index in [9.17, 15) is 14.9 Å². The Kier molecular flexibility index (Phi) is 4.88. The second-order valence-corrected chi connectivity index (χ2v) is 5.73. The normalized spacial score (nSPS) is 11.9. The van der Waals surface area contributed by atoms with Crippen LogP contribution in [0.2, 0.25) is 0 Å². The molecule has 7 nitrogen and oxygen atoms in total. The van der Waals surface area contributed by atoms with Crippen molar-refractivity contribution in [2.75, 3.05) is 6.61 Å². The van der Waals surface area contributed by atoms with Crippen molar-refractivity contribution in [2.24, 2.45) is 0 Å². The van der Waals surface area contributed by atoms with Crippen LogP contribution in [0.25, 0.3) is 11.0 Å². The zero-order chi connectivity index (χ0) is 18.7. The molecule has 1 unspecified atom stereocenters. The van der Waals surface area contributed by atoms with Crippen molar-refractivity contribution in [3.63, 3.8) is 0 Å². The van der Waals surface area contributed by atoms with Gasteiger partial charge in [-0.3, -0.25) is 14.9 Å². The highest BCUT2D eigenvalue weighted by Crippen LogP contribution is 2.31. The van der Waals surface area contributed by atoms with Crippen molar-refractivity contribution in [3.8, 4) is 5.75 Å². The van der Waals surface area contributed by atoms with E-state index < -0.39 is 16.9 Å². The van der Waals surface area contributed by atoms with Gasteiger partial charge in [0, 0.05) is 11.5 Å². The number of nitrogens with one attached hydrogen (secondary N) is 1. The number of carbonyl (C=O) groups excluding carboxylic acids is 1. The minimum absolute atomic E-state index is 0.00969. The molecule has 1 aromatic heterocycles. The molecule has 0 radical (unpaired) electrons. The summed E-state index contributed by atoms with van der Waals surface area (Å²) < 4.78 is 11.4. The summed E-state index contributed by atoms with van der Waals surface area (Å²) >= 11 is 0. The molecule has 1 N–H and O–H groups in total. The smallest absolute Gasteiger partial charge is 0.282 e. The predicted octanol–water partition coefficient (Wildman–Crippen LogP) is 4.23. The summed E-state index contributed by atoms with van der Waals surface area (Å²) in [5, 5.41) is 14.7. The maximum absolute atomic E-state index is 12.5. The van der Waals surface area contributed by atoms with Crippen molar-refractivity contribution in [1.82, 2.24) is 5.32 Å². The van der Waals surface area contributed by atoms with Crippen LogP contribution < -0.4 is 10.1 Å². The number of para-hydroxylation sites is 2. The van der Waals surface area contributed by atoms with Gasteiger partial charge in [-0.15, -0.1) is 0 Å². The summed E-state index contributed by atoms with van der Waals surface area (Å²) in [5.41, 5.74) is 0.382. The molecule has 7 heteroatoms. The molecule has 3 rings (SSSR count). The van der Waals surface area contributed by atoms with Crippen LogP contribution in [0, 0.1) is 10.1 Å². The standard InChI is InChI=1S/C19H18N2O5/c1-3-25-16-10-6-7-13-11-17(26-18(13)16)12(2)20-19(22)14-8-4-5-9-15(14)21(23)24/h4-12H,3H2,1-2H3,(H,20,22). The first-order chi connectivity index (χ1) is 12.5. The average Bonchev–Trinajstić information content (AvgIpc) is 3.07. The molecule has 1 atom stereocenters. The number of hydrogen-bond acceptors (Lipinski definition) is 5. The molecule has 26 heavy (non-hydrogen) atoms. The fraction of sp³-hybridized carbons (Fsp3) is 0.211. The number of hydrogen-bond donors (Lipinski definition) is 1. The molecule has 1 heterocycles. The van der Waals surface area contributed by atoms with Crippen molar-refractivity contribution >= 4 is 22.6 Å². The maximum atomic E-state index is 12.5. The molecule has 0 bridgehead atoms.